The zero-order chi connectivity index (χ0) is 12.5. The SMILES string of the molecule is N[N+](=O)c1ccc(S(=O)(=O)c2cn[c]s2)cc1. The fourth-order valence-corrected chi connectivity index (χ4v) is 3.25. The highest BCUT2D eigenvalue weighted by Gasteiger charge is 2.20. The second-order valence-corrected chi connectivity index (χ2v) is 6.10. The predicted octanol–water partition coefficient (Wildman–Crippen LogP) is 1.06. The number of benzene rings is 1. The molecule has 0 aliphatic carbocycles. The Labute approximate surface area is 101 Å². The Hall–Kier alpha value is -1.80. The van der Waals surface area contributed by atoms with Crippen LogP contribution in [0.15, 0.2) is 39.6 Å². The summed E-state index contributed by atoms with van der Waals surface area (Å²) >= 11 is 0.914. The lowest BCUT2D eigenvalue weighted by atomic mass is 10.3. The van der Waals surface area contributed by atoms with Crippen molar-refractivity contribution in [1.82, 2.24) is 4.98 Å². The molecular formula is C9H7N3O3S2+. The van der Waals surface area contributed by atoms with E-state index in [2.05, 4.69) is 10.5 Å². The second-order valence-electron chi connectivity index (χ2n) is 3.09. The molecule has 17 heavy (non-hydrogen) atoms. The van der Waals surface area contributed by atoms with Crippen LogP contribution < -0.4 is 5.84 Å². The van der Waals surface area contributed by atoms with Crippen LogP contribution >= 0.6 is 11.3 Å². The summed E-state index contributed by atoms with van der Waals surface area (Å²) in [6.07, 6.45) is 1.23. The standard InChI is InChI=1S/C9H7N3O3S2/c10-12(13)7-1-3-8(4-2-7)17(14,15)9-5-11-6-16-9/h1-5H,(H2,10,13)/q+1. The summed E-state index contributed by atoms with van der Waals surface area (Å²) in [6, 6.07) is 5.32. The number of sulfone groups is 1. The highest BCUT2D eigenvalue weighted by atomic mass is 32.2. The summed E-state index contributed by atoms with van der Waals surface area (Å²) in [5.41, 5.74) is 2.65. The van der Waals surface area contributed by atoms with E-state index in [4.69, 9.17) is 5.84 Å². The molecule has 1 aromatic carbocycles. The molecule has 0 amide bonds. The topological polar surface area (TPSA) is 93.1 Å². The fraction of sp³-hybridized carbons (Fsp3) is 0. The van der Waals surface area contributed by atoms with E-state index < -0.39 is 9.84 Å². The summed E-state index contributed by atoms with van der Waals surface area (Å²) in [7, 11) is -3.57. The van der Waals surface area contributed by atoms with Crippen LogP contribution in [0.1, 0.15) is 0 Å². The van der Waals surface area contributed by atoms with Crippen molar-refractivity contribution < 1.29 is 13.3 Å². The maximum absolute atomic E-state index is 12.0. The van der Waals surface area contributed by atoms with Crippen molar-refractivity contribution in [2.45, 2.75) is 9.10 Å². The minimum Gasteiger partial charge on any atom is -0.241 e. The van der Waals surface area contributed by atoms with Crippen molar-refractivity contribution in [1.29, 1.82) is 0 Å². The maximum Gasteiger partial charge on any atom is 0.291 e. The van der Waals surface area contributed by atoms with Gasteiger partial charge in [0.25, 0.3) is 5.69 Å². The second kappa shape index (κ2) is 4.22. The molecular weight excluding hydrogens is 262 g/mol. The number of nitrogens with zero attached hydrogens (tertiary/aromatic N) is 2. The molecule has 6 nitrogen and oxygen atoms in total. The van der Waals surface area contributed by atoms with Crippen LogP contribution in [0.4, 0.5) is 5.69 Å². The van der Waals surface area contributed by atoms with Gasteiger partial charge in [0.2, 0.25) is 9.84 Å². The molecule has 0 saturated heterocycles. The van der Waals surface area contributed by atoms with E-state index >= 15 is 0 Å². The summed E-state index contributed by atoms with van der Waals surface area (Å²) in [5, 5.41) is 0. The first-order valence-corrected chi connectivity index (χ1v) is 6.71. The maximum atomic E-state index is 12.0. The largest absolute Gasteiger partial charge is 0.291 e. The molecule has 0 spiro atoms. The van der Waals surface area contributed by atoms with Gasteiger partial charge < -0.3 is 0 Å². The molecule has 1 heterocycles. The van der Waals surface area contributed by atoms with Gasteiger partial charge in [0.15, 0.2) is 10.4 Å². The van der Waals surface area contributed by atoms with Crippen LogP contribution in [0.25, 0.3) is 0 Å². The van der Waals surface area contributed by atoms with Gasteiger partial charge in [0.1, 0.15) is 4.21 Å². The van der Waals surface area contributed by atoms with E-state index in [1.807, 2.05) is 0 Å². The fourth-order valence-electron chi connectivity index (χ4n) is 1.19. The molecule has 0 bridgehead atoms. The number of hydrogen-bond acceptors (Lipinski definition) is 5. The van der Waals surface area contributed by atoms with Crippen LogP contribution in [-0.2, 0) is 9.84 Å². The average Bonchev–Trinajstić information content (AvgIpc) is 2.83. The Kier molecular flexibility index (Phi) is 2.90. The Bertz CT molecular complexity index is 633. The molecule has 2 rings (SSSR count). The normalized spacial score (nSPS) is 11.3. The molecule has 1 radical (unpaired) electrons. The van der Waals surface area contributed by atoms with Gasteiger partial charge in [-0.25, -0.2) is 13.4 Å². The number of thiazole rings is 1. The van der Waals surface area contributed by atoms with E-state index in [1.54, 1.807) is 0 Å². The first kappa shape index (κ1) is 11.7. The van der Waals surface area contributed by atoms with Gasteiger partial charge in [-0.05, 0) is 12.1 Å². The zero-order valence-corrected chi connectivity index (χ0v) is 10.0. The predicted molar refractivity (Wildman–Crippen MR) is 60.3 cm³/mol. The van der Waals surface area contributed by atoms with Crippen LogP contribution in [0.2, 0.25) is 0 Å². The van der Waals surface area contributed by atoms with Crippen molar-refractivity contribution in [2.75, 3.05) is 0 Å². The van der Waals surface area contributed by atoms with Crippen molar-refractivity contribution in [2.24, 2.45) is 5.84 Å². The number of hydrazine groups is 1. The van der Waals surface area contributed by atoms with Crippen LogP contribution in [0, 0.1) is 10.4 Å². The summed E-state index contributed by atoms with van der Waals surface area (Å²) < 4.78 is 24.1. The zero-order valence-electron chi connectivity index (χ0n) is 8.40. The summed E-state index contributed by atoms with van der Waals surface area (Å²) in [4.78, 5) is 14.6. The smallest absolute Gasteiger partial charge is 0.241 e. The lowest BCUT2D eigenvalue weighted by Gasteiger charge is -1.99. The average molecular weight is 269 g/mol. The number of hydrogen-bond donors (Lipinski definition) is 1. The van der Waals surface area contributed by atoms with Crippen LogP contribution in [0.5, 0.6) is 0 Å². The number of aromatic nitrogens is 1. The molecule has 0 aliphatic rings. The summed E-state index contributed by atoms with van der Waals surface area (Å²) in [6.45, 7) is 0. The first-order valence-electron chi connectivity index (χ1n) is 4.41. The van der Waals surface area contributed by atoms with Gasteiger partial charge in [-0.15, -0.1) is 0 Å². The summed E-state index contributed by atoms with van der Waals surface area (Å²) in [5.74, 6) is 4.98. The van der Waals surface area contributed by atoms with Gasteiger partial charge in [0, 0.05) is 12.1 Å². The Morgan fingerprint density at radius 1 is 1.29 bits per heavy atom. The minimum atomic E-state index is -3.57. The van der Waals surface area contributed by atoms with E-state index in [-0.39, 0.29) is 19.7 Å². The van der Waals surface area contributed by atoms with E-state index in [1.165, 1.54) is 30.5 Å². The third kappa shape index (κ3) is 2.17. The van der Waals surface area contributed by atoms with Crippen molar-refractivity contribution in [3.8, 4) is 0 Å². The van der Waals surface area contributed by atoms with Gasteiger partial charge >= 0.3 is 0 Å². The quantitative estimate of drug-likeness (QED) is 0.511. The Morgan fingerprint density at radius 2 is 1.94 bits per heavy atom. The molecule has 0 aliphatic heterocycles. The van der Waals surface area contributed by atoms with Gasteiger partial charge in [-0.3, -0.25) is 0 Å². The Morgan fingerprint density at radius 3 is 2.41 bits per heavy atom. The van der Waals surface area contributed by atoms with Crippen molar-refractivity contribution in [3.63, 3.8) is 0 Å². The highest BCUT2D eigenvalue weighted by Crippen LogP contribution is 2.24. The van der Waals surface area contributed by atoms with E-state index in [9.17, 15) is 13.3 Å². The monoisotopic (exact) mass is 269 g/mol. The van der Waals surface area contributed by atoms with Crippen molar-refractivity contribution >= 4 is 26.9 Å². The number of nitroso groups, excluding NO2 is 1. The molecule has 0 saturated carbocycles. The van der Waals surface area contributed by atoms with E-state index in [0.717, 1.165) is 11.3 Å². The van der Waals surface area contributed by atoms with Gasteiger partial charge in [0.05, 0.1) is 16.0 Å². The minimum absolute atomic E-state index is 0.0840. The molecule has 1 aromatic heterocycles. The number of nitrogens with two attached hydrogens (primary N) is 1. The van der Waals surface area contributed by atoms with Gasteiger partial charge in [-0.2, -0.15) is 5.84 Å². The van der Waals surface area contributed by atoms with Crippen LogP contribution in [-0.4, -0.2) is 18.3 Å². The van der Waals surface area contributed by atoms with Gasteiger partial charge in [-0.1, -0.05) is 11.3 Å². The molecule has 0 atom stereocenters. The van der Waals surface area contributed by atoms with E-state index in [0.29, 0.717) is 0 Å². The molecule has 0 fully saturated rings. The molecule has 87 valence electrons. The molecule has 2 N–H and O–H groups in total. The number of rotatable bonds is 3. The lowest BCUT2D eigenvalue weighted by Crippen LogP contribution is -2.09. The molecule has 2 aromatic rings. The molecule has 8 heteroatoms. The van der Waals surface area contributed by atoms with Crippen LogP contribution in [0.3, 0.4) is 0 Å². The molecule has 0 unspecified atom stereocenters. The lowest BCUT2D eigenvalue weighted by molar-refractivity contribution is -0.474. The highest BCUT2D eigenvalue weighted by molar-refractivity contribution is 7.93. The Balaban J connectivity index is 2.45. The first-order chi connectivity index (χ1) is 8.01. The van der Waals surface area contributed by atoms with Crippen molar-refractivity contribution in [3.05, 3.63) is 40.9 Å². The third-order valence-corrected chi connectivity index (χ3v) is 4.97. The third-order valence-electron chi connectivity index (χ3n) is 2.04.